The molecule has 8 heteroatoms. The van der Waals surface area contributed by atoms with Crippen molar-refractivity contribution < 1.29 is 23.7 Å². The van der Waals surface area contributed by atoms with Crippen LogP contribution in [0.1, 0.15) is 34.8 Å². The Labute approximate surface area is 180 Å². The van der Waals surface area contributed by atoms with Crippen LogP contribution in [-0.4, -0.2) is 44.5 Å². The van der Waals surface area contributed by atoms with E-state index in [4.69, 9.17) is 18.9 Å². The Morgan fingerprint density at radius 3 is 2.32 bits per heavy atom. The monoisotopic (exact) mass is 423 g/mol. The van der Waals surface area contributed by atoms with Gasteiger partial charge in [-0.05, 0) is 43.2 Å². The molecule has 1 aromatic heterocycles. The molecule has 1 aliphatic carbocycles. The third-order valence-corrected chi connectivity index (χ3v) is 5.33. The van der Waals surface area contributed by atoms with Gasteiger partial charge in [-0.1, -0.05) is 0 Å². The highest BCUT2D eigenvalue weighted by Crippen LogP contribution is 2.46. The molecule has 2 N–H and O–H groups in total. The second-order valence-corrected chi connectivity index (χ2v) is 7.23. The van der Waals surface area contributed by atoms with Crippen molar-refractivity contribution in [3.05, 3.63) is 47.7 Å². The smallest absolute Gasteiger partial charge is 0.255 e. The number of benzene rings is 2. The molecule has 8 nitrogen and oxygen atoms in total. The molecule has 2 aromatic carbocycles. The minimum Gasteiger partial charge on any atom is -0.497 e. The number of aromatic amines is 1. The van der Waals surface area contributed by atoms with Crippen LogP contribution in [0, 0.1) is 0 Å². The van der Waals surface area contributed by atoms with Gasteiger partial charge in [0.25, 0.3) is 5.91 Å². The van der Waals surface area contributed by atoms with Crippen molar-refractivity contribution in [1.29, 1.82) is 0 Å². The largest absolute Gasteiger partial charge is 0.497 e. The fraction of sp³-hybridized carbons (Fsp3) is 0.304. The van der Waals surface area contributed by atoms with Crippen molar-refractivity contribution in [1.82, 2.24) is 10.2 Å². The third-order valence-electron chi connectivity index (χ3n) is 5.33. The van der Waals surface area contributed by atoms with Crippen LogP contribution in [0.3, 0.4) is 0 Å². The zero-order valence-electron chi connectivity index (χ0n) is 17.9. The lowest BCUT2D eigenvalue weighted by Gasteiger charge is -2.13. The Morgan fingerprint density at radius 1 is 0.935 bits per heavy atom. The average Bonchev–Trinajstić information content (AvgIpc) is 3.58. The van der Waals surface area contributed by atoms with Crippen molar-refractivity contribution in [2.75, 3.05) is 33.8 Å². The van der Waals surface area contributed by atoms with E-state index in [0.29, 0.717) is 45.9 Å². The third kappa shape index (κ3) is 4.01. The van der Waals surface area contributed by atoms with Crippen molar-refractivity contribution >= 4 is 11.6 Å². The van der Waals surface area contributed by atoms with E-state index in [1.807, 2.05) is 12.1 Å². The summed E-state index contributed by atoms with van der Waals surface area (Å²) in [7, 11) is 6.28. The number of rotatable bonds is 8. The number of hydrogen-bond donors (Lipinski definition) is 2. The SMILES string of the molecule is COc1ccc(-c2n[nH]c(C3CC3)c2NC(=O)c2ccc(OC)c(OC)c2)c(OC)c1. The second kappa shape index (κ2) is 8.59. The van der Waals surface area contributed by atoms with Crippen LogP contribution >= 0.6 is 0 Å². The van der Waals surface area contributed by atoms with Crippen LogP contribution in [0.25, 0.3) is 11.3 Å². The molecule has 0 spiro atoms. The number of amides is 1. The minimum atomic E-state index is -0.266. The maximum atomic E-state index is 13.1. The normalized spacial score (nSPS) is 12.9. The molecule has 0 saturated heterocycles. The van der Waals surface area contributed by atoms with Crippen LogP contribution in [-0.2, 0) is 0 Å². The van der Waals surface area contributed by atoms with Gasteiger partial charge in [-0.3, -0.25) is 9.89 Å². The van der Waals surface area contributed by atoms with Crippen LogP contribution < -0.4 is 24.3 Å². The number of nitrogens with zero attached hydrogens (tertiary/aromatic N) is 1. The Morgan fingerprint density at radius 2 is 1.68 bits per heavy atom. The summed E-state index contributed by atoms with van der Waals surface area (Å²) in [6.45, 7) is 0. The fourth-order valence-electron chi connectivity index (χ4n) is 3.50. The number of anilines is 1. The van der Waals surface area contributed by atoms with Gasteiger partial charge in [-0.2, -0.15) is 5.10 Å². The van der Waals surface area contributed by atoms with Gasteiger partial charge in [0.2, 0.25) is 0 Å². The molecule has 0 radical (unpaired) electrons. The summed E-state index contributed by atoms with van der Waals surface area (Å²) >= 11 is 0. The van der Waals surface area contributed by atoms with E-state index in [0.717, 1.165) is 24.1 Å². The van der Waals surface area contributed by atoms with Gasteiger partial charge in [0.15, 0.2) is 11.5 Å². The van der Waals surface area contributed by atoms with E-state index in [-0.39, 0.29) is 5.91 Å². The number of hydrogen-bond acceptors (Lipinski definition) is 6. The summed E-state index contributed by atoms with van der Waals surface area (Å²) in [5, 5.41) is 10.7. The number of H-pyrrole nitrogens is 1. The Hall–Kier alpha value is -3.68. The first-order chi connectivity index (χ1) is 15.1. The molecular weight excluding hydrogens is 398 g/mol. The molecule has 0 unspecified atom stereocenters. The lowest BCUT2D eigenvalue weighted by atomic mass is 10.1. The maximum absolute atomic E-state index is 13.1. The number of carbonyl (C=O) groups excluding carboxylic acids is 1. The summed E-state index contributed by atoms with van der Waals surface area (Å²) < 4.78 is 21.4. The molecule has 0 atom stereocenters. The van der Waals surface area contributed by atoms with E-state index in [1.54, 1.807) is 45.6 Å². The van der Waals surface area contributed by atoms with E-state index in [1.165, 1.54) is 7.11 Å². The topological polar surface area (TPSA) is 94.7 Å². The van der Waals surface area contributed by atoms with Crippen LogP contribution in [0.15, 0.2) is 36.4 Å². The summed E-state index contributed by atoms with van der Waals surface area (Å²) in [5.74, 6) is 2.42. The molecule has 31 heavy (non-hydrogen) atoms. The highest BCUT2D eigenvalue weighted by Gasteiger charge is 2.32. The molecule has 0 aliphatic heterocycles. The average molecular weight is 423 g/mol. The first kappa shape index (κ1) is 20.6. The van der Waals surface area contributed by atoms with Gasteiger partial charge in [-0.25, -0.2) is 0 Å². The summed E-state index contributed by atoms with van der Waals surface area (Å²) in [6, 6.07) is 10.6. The predicted octanol–water partition coefficient (Wildman–Crippen LogP) is 4.24. The molecule has 1 fully saturated rings. The highest BCUT2D eigenvalue weighted by molar-refractivity contribution is 6.07. The zero-order valence-corrected chi connectivity index (χ0v) is 17.9. The molecule has 1 saturated carbocycles. The Balaban J connectivity index is 1.72. The maximum Gasteiger partial charge on any atom is 0.255 e. The van der Waals surface area contributed by atoms with E-state index in [9.17, 15) is 4.79 Å². The van der Waals surface area contributed by atoms with E-state index < -0.39 is 0 Å². The van der Waals surface area contributed by atoms with Crippen molar-refractivity contribution in [2.24, 2.45) is 0 Å². The molecule has 3 aromatic rings. The van der Waals surface area contributed by atoms with Crippen LogP contribution in [0.4, 0.5) is 5.69 Å². The standard InChI is InChI=1S/C23H25N3O5/c1-28-15-8-9-16(18(12-15)30-3)21-22(20(25-26-21)13-5-6-13)24-23(27)14-7-10-17(29-2)19(11-14)31-4/h7-13H,5-6H2,1-4H3,(H,24,27)(H,25,26). The summed E-state index contributed by atoms with van der Waals surface area (Å²) in [5.41, 5.74) is 3.41. The first-order valence-corrected chi connectivity index (χ1v) is 9.93. The fourth-order valence-corrected chi connectivity index (χ4v) is 3.50. The molecular formula is C23H25N3O5. The molecule has 1 amide bonds. The van der Waals surface area contributed by atoms with Crippen molar-refractivity contribution in [3.8, 4) is 34.3 Å². The highest BCUT2D eigenvalue weighted by atomic mass is 16.5. The summed E-state index contributed by atoms with van der Waals surface area (Å²) in [6.07, 6.45) is 2.11. The number of methoxy groups -OCH3 is 4. The lowest BCUT2D eigenvalue weighted by molar-refractivity contribution is 0.102. The van der Waals surface area contributed by atoms with Crippen LogP contribution in [0.2, 0.25) is 0 Å². The van der Waals surface area contributed by atoms with Gasteiger partial charge in [0.1, 0.15) is 17.2 Å². The lowest BCUT2D eigenvalue weighted by Crippen LogP contribution is -2.13. The Bertz CT molecular complexity index is 1100. The minimum absolute atomic E-state index is 0.266. The molecule has 162 valence electrons. The Kier molecular flexibility index (Phi) is 5.70. The van der Waals surface area contributed by atoms with Crippen molar-refractivity contribution in [2.45, 2.75) is 18.8 Å². The summed E-state index contributed by atoms with van der Waals surface area (Å²) in [4.78, 5) is 13.1. The number of ether oxygens (including phenoxy) is 4. The van der Waals surface area contributed by atoms with Gasteiger partial charge >= 0.3 is 0 Å². The van der Waals surface area contributed by atoms with Gasteiger partial charge in [-0.15, -0.1) is 0 Å². The van der Waals surface area contributed by atoms with E-state index in [2.05, 4.69) is 15.5 Å². The first-order valence-electron chi connectivity index (χ1n) is 9.93. The zero-order chi connectivity index (χ0) is 22.0. The molecule has 1 heterocycles. The van der Waals surface area contributed by atoms with E-state index >= 15 is 0 Å². The predicted molar refractivity (Wildman–Crippen MR) is 117 cm³/mol. The van der Waals surface area contributed by atoms with Crippen LogP contribution in [0.5, 0.6) is 23.0 Å². The molecule has 1 aliphatic rings. The van der Waals surface area contributed by atoms with Gasteiger partial charge < -0.3 is 24.3 Å². The van der Waals surface area contributed by atoms with Gasteiger partial charge in [0, 0.05) is 23.1 Å². The second-order valence-electron chi connectivity index (χ2n) is 7.23. The van der Waals surface area contributed by atoms with Crippen molar-refractivity contribution in [3.63, 3.8) is 0 Å². The number of aromatic nitrogens is 2. The van der Waals surface area contributed by atoms with Gasteiger partial charge in [0.05, 0.1) is 39.8 Å². The quantitative estimate of drug-likeness (QED) is 0.563. The molecule has 4 rings (SSSR count). The number of carbonyl (C=O) groups is 1. The number of nitrogens with one attached hydrogen (secondary N) is 2. The molecule has 0 bridgehead atoms.